The molecule has 0 aliphatic heterocycles. The molecule has 0 heterocycles. The van der Waals surface area contributed by atoms with E-state index in [9.17, 15) is 31.5 Å². The van der Waals surface area contributed by atoms with Crippen LogP contribution < -0.4 is 0 Å². The van der Waals surface area contributed by atoms with Gasteiger partial charge in [0.1, 0.15) is 11.6 Å². The third kappa shape index (κ3) is 2.43. The first-order valence-electron chi connectivity index (χ1n) is 5.12. The molecule has 1 unspecified atom stereocenters. The summed E-state index contributed by atoms with van der Waals surface area (Å²) in [6.07, 6.45) is 0. The second-order valence-corrected chi connectivity index (χ2v) is 3.88. The molecule has 0 saturated heterocycles. The summed E-state index contributed by atoms with van der Waals surface area (Å²) in [5.74, 6) is -14.7. The third-order valence-corrected chi connectivity index (χ3v) is 2.68. The van der Waals surface area contributed by atoms with E-state index in [1.807, 2.05) is 0 Å². The second-order valence-electron chi connectivity index (χ2n) is 3.88. The first-order chi connectivity index (χ1) is 9.11. The summed E-state index contributed by atoms with van der Waals surface area (Å²) in [6, 6.07) is -1.52. The molecule has 0 saturated carbocycles. The predicted molar refractivity (Wildman–Crippen MR) is 55.4 cm³/mol. The van der Waals surface area contributed by atoms with Crippen LogP contribution >= 0.6 is 0 Å². The van der Waals surface area contributed by atoms with Crippen LogP contribution in [0.2, 0.25) is 0 Å². The van der Waals surface area contributed by atoms with E-state index in [2.05, 4.69) is 0 Å². The zero-order chi connectivity index (χ0) is 15.8. The Morgan fingerprint density at radius 2 is 1.30 bits per heavy atom. The van der Waals surface area contributed by atoms with E-state index < -0.39 is 52.6 Å². The van der Waals surface area contributed by atoms with Gasteiger partial charge in [-0.2, -0.15) is 0 Å². The summed E-state index contributed by atoms with van der Waals surface area (Å²) >= 11 is 0. The maximum Gasteiger partial charge on any atom is 0.326 e. The largest absolute Gasteiger partial charge is 0.480 e. The molecule has 0 fully saturated rings. The smallest absolute Gasteiger partial charge is 0.326 e. The number of likely N-dealkylation sites (N-methyl/N-ethyl adjacent to an activating group) is 1. The van der Waals surface area contributed by atoms with E-state index >= 15 is 0 Å². The summed E-state index contributed by atoms with van der Waals surface area (Å²) in [7, 11) is 0.860. The number of halogens is 5. The van der Waals surface area contributed by atoms with Crippen molar-refractivity contribution in [3.8, 4) is 0 Å². The number of amides is 1. The van der Waals surface area contributed by atoms with E-state index in [0.29, 0.717) is 4.90 Å². The topological polar surface area (TPSA) is 57.6 Å². The molecule has 0 aromatic heterocycles. The number of aliphatic carboxylic acids is 1. The molecule has 110 valence electrons. The average molecular weight is 297 g/mol. The fourth-order valence-corrected chi connectivity index (χ4v) is 1.31. The van der Waals surface area contributed by atoms with Crippen LogP contribution in [0.15, 0.2) is 0 Å². The van der Waals surface area contributed by atoms with Gasteiger partial charge in [-0.25, -0.2) is 26.7 Å². The zero-order valence-corrected chi connectivity index (χ0v) is 10.2. The van der Waals surface area contributed by atoms with E-state index in [1.165, 1.54) is 0 Å². The van der Waals surface area contributed by atoms with Crippen LogP contribution in [0.25, 0.3) is 0 Å². The number of nitrogens with zero attached hydrogens (tertiary/aromatic N) is 1. The lowest BCUT2D eigenvalue weighted by Crippen LogP contribution is -2.41. The van der Waals surface area contributed by atoms with Crippen LogP contribution in [0, 0.1) is 29.1 Å². The lowest BCUT2D eigenvalue weighted by molar-refractivity contribution is -0.141. The maximum atomic E-state index is 13.4. The van der Waals surface area contributed by atoms with Gasteiger partial charge in [-0.1, -0.05) is 0 Å². The number of carbonyl (C=O) groups is 2. The van der Waals surface area contributed by atoms with Gasteiger partial charge >= 0.3 is 5.97 Å². The molecule has 0 radical (unpaired) electrons. The average Bonchev–Trinajstić information content (AvgIpc) is 2.41. The summed E-state index contributed by atoms with van der Waals surface area (Å²) in [5, 5.41) is 8.65. The number of carboxylic acid groups (broad SMARTS) is 1. The summed E-state index contributed by atoms with van der Waals surface area (Å²) in [5.41, 5.74) is -1.70. The lowest BCUT2D eigenvalue weighted by Gasteiger charge is -2.22. The van der Waals surface area contributed by atoms with Crippen LogP contribution in [0.5, 0.6) is 0 Å². The molecule has 1 aromatic rings. The molecule has 1 atom stereocenters. The van der Waals surface area contributed by atoms with Gasteiger partial charge in [-0.05, 0) is 6.92 Å². The van der Waals surface area contributed by atoms with Gasteiger partial charge in [0, 0.05) is 7.05 Å². The van der Waals surface area contributed by atoms with Gasteiger partial charge < -0.3 is 10.0 Å². The standard InChI is InChI=1S/C11H8F5NO3/c1-3(11(19)20)17(2)10(18)4-5(12)7(14)9(16)8(15)6(4)13/h3H,1-2H3,(H,19,20). The van der Waals surface area contributed by atoms with Gasteiger partial charge in [0.25, 0.3) is 5.91 Å². The molecule has 0 aliphatic carbocycles. The highest BCUT2D eigenvalue weighted by atomic mass is 19.2. The van der Waals surface area contributed by atoms with E-state index in [4.69, 9.17) is 5.11 Å². The van der Waals surface area contributed by atoms with Crippen molar-refractivity contribution in [2.45, 2.75) is 13.0 Å². The van der Waals surface area contributed by atoms with Gasteiger partial charge in [0.2, 0.25) is 5.82 Å². The molecule has 1 aromatic carbocycles. The summed E-state index contributed by atoms with van der Waals surface area (Å²) in [6.45, 7) is 1.01. The molecule has 9 heteroatoms. The Labute approximate surface area is 109 Å². The Morgan fingerprint density at radius 1 is 0.950 bits per heavy atom. The highest BCUT2D eigenvalue weighted by Crippen LogP contribution is 2.24. The van der Waals surface area contributed by atoms with E-state index in [1.54, 1.807) is 0 Å². The number of carbonyl (C=O) groups excluding carboxylic acids is 1. The first-order valence-corrected chi connectivity index (χ1v) is 5.12. The Kier molecular flexibility index (Phi) is 4.31. The second kappa shape index (κ2) is 5.43. The molecule has 1 amide bonds. The fourth-order valence-electron chi connectivity index (χ4n) is 1.31. The van der Waals surface area contributed by atoms with Gasteiger partial charge in [-0.15, -0.1) is 0 Å². The Balaban J connectivity index is 3.41. The van der Waals surface area contributed by atoms with Crippen molar-refractivity contribution in [3.05, 3.63) is 34.6 Å². The lowest BCUT2D eigenvalue weighted by atomic mass is 10.1. The normalized spacial score (nSPS) is 12.2. The van der Waals surface area contributed by atoms with Crippen LogP contribution in [-0.4, -0.2) is 35.0 Å². The van der Waals surface area contributed by atoms with Crippen molar-refractivity contribution < 1.29 is 36.6 Å². The van der Waals surface area contributed by atoms with E-state index in [0.717, 1.165) is 14.0 Å². The first kappa shape index (κ1) is 15.9. The molecule has 0 spiro atoms. The Bertz CT molecular complexity index is 561. The number of hydrogen-bond acceptors (Lipinski definition) is 2. The number of carboxylic acids is 1. The number of rotatable bonds is 3. The van der Waals surface area contributed by atoms with Crippen molar-refractivity contribution in [1.29, 1.82) is 0 Å². The highest BCUT2D eigenvalue weighted by molar-refractivity contribution is 5.96. The van der Waals surface area contributed by atoms with Crippen molar-refractivity contribution >= 4 is 11.9 Å². The summed E-state index contributed by atoms with van der Waals surface area (Å²) < 4.78 is 65.4. The predicted octanol–water partition coefficient (Wildman–Crippen LogP) is 1.93. The molecule has 1 rings (SSSR count). The number of benzene rings is 1. The van der Waals surface area contributed by atoms with Gasteiger partial charge in [-0.3, -0.25) is 4.79 Å². The van der Waals surface area contributed by atoms with Gasteiger partial charge in [0.05, 0.1) is 0 Å². The monoisotopic (exact) mass is 297 g/mol. The van der Waals surface area contributed by atoms with Crippen molar-refractivity contribution in [3.63, 3.8) is 0 Å². The Hall–Kier alpha value is -2.19. The quantitative estimate of drug-likeness (QED) is 0.527. The highest BCUT2D eigenvalue weighted by Gasteiger charge is 2.33. The van der Waals surface area contributed by atoms with E-state index in [-0.39, 0.29) is 0 Å². The van der Waals surface area contributed by atoms with Crippen molar-refractivity contribution in [2.24, 2.45) is 0 Å². The third-order valence-electron chi connectivity index (χ3n) is 2.68. The van der Waals surface area contributed by atoms with Crippen LogP contribution in [0.1, 0.15) is 17.3 Å². The zero-order valence-electron chi connectivity index (χ0n) is 10.2. The van der Waals surface area contributed by atoms with Crippen molar-refractivity contribution in [1.82, 2.24) is 4.90 Å². The molecular weight excluding hydrogens is 289 g/mol. The minimum atomic E-state index is -2.40. The van der Waals surface area contributed by atoms with Gasteiger partial charge in [0.15, 0.2) is 23.3 Å². The summed E-state index contributed by atoms with van der Waals surface area (Å²) in [4.78, 5) is 22.7. The molecule has 20 heavy (non-hydrogen) atoms. The molecule has 0 aliphatic rings. The fraction of sp³-hybridized carbons (Fsp3) is 0.273. The maximum absolute atomic E-state index is 13.4. The van der Waals surface area contributed by atoms with Crippen molar-refractivity contribution in [2.75, 3.05) is 7.05 Å². The molecule has 1 N–H and O–H groups in total. The minimum Gasteiger partial charge on any atom is -0.480 e. The molecular formula is C11H8F5NO3. The molecule has 0 bridgehead atoms. The SMILES string of the molecule is CC(C(=O)O)N(C)C(=O)c1c(F)c(F)c(F)c(F)c1F. The van der Waals surface area contributed by atoms with Crippen LogP contribution in [0.4, 0.5) is 22.0 Å². The Morgan fingerprint density at radius 3 is 1.65 bits per heavy atom. The minimum absolute atomic E-state index is 0.348. The van der Waals surface area contributed by atoms with Crippen LogP contribution in [-0.2, 0) is 4.79 Å². The number of hydrogen-bond donors (Lipinski definition) is 1. The van der Waals surface area contributed by atoms with Crippen LogP contribution in [0.3, 0.4) is 0 Å². The molecule has 4 nitrogen and oxygen atoms in total.